The maximum absolute atomic E-state index is 12.5. The number of nitrogens with two attached hydrogens (primary N) is 2. The molecular formula is C16H27N5O8S. The second-order valence-electron chi connectivity index (χ2n) is 6.17. The Morgan fingerprint density at radius 3 is 1.87 bits per heavy atom. The minimum absolute atomic E-state index is 0.109. The van der Waals surface area contributed by atoms with Crippen LogP contribution in [-0.2, 0) is 28.8 Å². The molecule has 0 heterocycles. The average molecular weight is 449 g/mol. The van der Waals surface area contributed by atoms with Crippen LogP contribution in [0.4, 0.5) is 0 Å². The van der Waals surface area contributed by atoms with Crippen LogP contribution in [0.25, 0.3) is 0 Å². The number of aliphatic carboxylic acids is 2. The molecule has 0 aliphatic heterocycles. The zero-order chi connectivity index (χ0) is 23.3. The molecule has 0 radical (unpaired) electrons. The summed E-state index contributed by atoms with van der Waals surface area (Å²) in [6.45, 7) is -0.430. The van der Waals surface area contributed by atoms with Gasteiger partial charge in [-0.1, -0.05) is 0 Å². The van der Waals surface area contributed by atoms with Gasteiger partial charge in [-0.3, -0.25) is 24.0 Å². The molecule has 14 heteroatoms. The van der Waals surface area contributed by atoms with E-state index in [0.29, 0.717) is 5.75 Å². The fraction of sp³-hybridized carbons (Fsp3) is 0.625. The lowest BCUT2D eigenvalue weighted by molar-refractivity contribution is -0.143. The van der Waals surface area contributed by atoms with Crippen LogP contribution in [0.3, 0.4) is 0 Å². The van der Waals surface area contributed by atoms with Crippen molar-refractivity contribution in [2.24, 2.45) is 11.5 Å². The molecule has 0 aliphatic carbocycles. The number of carboxylic acids is 2. The van der Waals surface area contributed by atoms with Gasteiger partial charge in [-0.15, -0.1) is 0 Å². The summed E-state index contributed by atoms with van der Waals surface area (Å²) in [5.41, 5.74) is 10.2. The Balaban J connectivity index is 5.35. The summed E-state index contributed by atoms with van der Waals surface area (Å²) in [5, 5.41) is 24.7. The highest BCUT2D eigenvalue weighted by molar-refractivity contribution is 7.98. The fourth-order valence-electron chi connectivity index (χ4n) is 2.24. The zero-order valence-electron chi connectivity index (χ0n) is 16.4. The van der Waals surface area contributed by atoms with Crippen molar-refractivity contribution in [2.45, 2.75) is 43.8 Å². The Hall–Kier alpha value is -2.87. The molecular weight excluding hydrogens is 422 g/mol. The molecule has 0 bridgehead atoms. The number of hydrogen-bond donors (Lipinski definition) is 7. The first-order chi connectivity index (χ1) is 14.0. The number of thioether (sulfide) groups is 1. The molecule has 0 rings (SSSR count). The van der Waals surface area contributed by atoms with Crippen molar-refractivity contribution in [3.8, 4) is 0 Å². The standard InChI is InChI=1S/C16H27N5O8S/c1-30-5-4-9(15(27)21-10(16(28)29)6-11(18)22)20-14(26)8(2-3-13(24)25)19-12(23)7-17/h8-10H,2-7,17H2,1H3,(H2,18,22)(H,19,23)(H,20,26)(H,21,27)(H,24,25)(H,28,29). The lowest BCUT2D eigenvalue weighted by Gasteiger charge is -2.24. The monoisotopic (exact) mass is 449 g/mol. The van der Waals surface area contributed by atoms with Crippen molar-refractivity contribution < 1.29 is 39.0 Å². The maximum Gasteiger partial charge on any atom is 0.326 e. The third-order valence-corrected chi connectivity index (χ3v) is 4.39. The number of amides is 4. The van der Waals surface area contributed by atoms with Crippen LogP contribution < -0.4 is 27.4 Å². The van der Waals surface area contributed by atoms with Gasteiger partial charge in [-0.2, -0.15) is 11.8 Å². The quantitative estimate of drug-likeness (QED) is 0.134. The zero-order valence-corrected chi connectivity index (χ0v) is 17.2. The van der Waals surface area contributed by atoms with E-state index in [9.17, 15) is 28.8 Å². The number of nitrogens with one attached hydrogen (secondary N) is 3. The first kappa shape index (κ1) is 27.1. The molecule has 0 aromatic carbocycles. The number of carboxylic acid groups (broad SMARTS) is 2. The van der Waals surface area contributed by atoms with Gasteiger partial charge in [0.05, 0.1) is 13.0 Å². The van der Waals surface area contributed by atoms with Gasteiger partial charge in [0.2, 0.25) is 23.6 Å². The lowest BCUT2D eigenvalue weighted by Crippen LogP contribution is -2.56. The number of hydrogen-bond acceptors (Lipinski definition) is 8. The summed E-state index contributed by atoms with van der Waals surface area (Å²) in [4.78, 5) is 69.6. The minimum Gasteiger partial charge on any atom is -0.481 e. The number of rotatable bonds is 15. The van der Waals surface area contributed by atoms with E-state index in [2.05, 4.69) is 16.0 Å². The first-order valence-corrected chi connectivity index (χ1v) is 10.2. The highest BCUT2D eigenvalue weighted by Gasteiger charge is 2.30. The molecule has 30 heavy (non-hydrogen) atoms. The molecule has 0 fully saturated rings. The van der Waals surface area contributed by atoms with Gasteiger partial charge < -0.3 is 37.6 Å². The van der Waals surface area contributed by atoms with Crippen LogP contribution in [-0.4, -0.2) is 82.5 Å². The third kappa shape index (κ3) is 11.2. The van der Waals surface area contributed by atoms with Crippen molar-refractivity contribution in [3.63, 3.8) is 0 Å². The van der Waals surface area contributed by atoms with E-state index < -0.39 is 73.1 Å². The minimum atomic E-state index is -1.58. The van der Waals surface area contributed by atoms with Crippen LogP contribution in [0.1, 0.15) is 25.7 Å². The van der Waals surface area contributed by atoms with Crippen molar-refractivity contribution in [1.82, 2.24) is 16.0 Å². The van der Waals surface area contributed by atoms with Crippen LogP contribution in [0.15, 0.2) is 0 Å². The average Bonchev–Trinajstić information content (AvgIpc) is 2.66. The highest BCUT2D eigenvalue weighted by atomic mass is 32.2. The molecule has 0 aromatic heterocycles. The molecule has 0 spiro atoms. The molecule has 9 N–H and O–H groups in total. The molecule has 0 aromatic rings. The van der Waals surface area contributed by atoms with Crippen molar-refractivity contribution in [2.75, 3.05) is 18.6 Å². The second kappa shape index (κ2) is 14.2. The number of primary amides is 1. The van der Waals surface area contributed by atoms with Gasteiger partial charge in [0, 0.05) is 6.42 Å². The van der Waals surface area contributed by atoms with Crippen LogP contribution >= 0.6 is 11.8 Å². The molecule has 170 valence electrons. The van der Waals surface area contributed by atoms with Gasteiger partial charge in [0.1, 0.15) is 18.1 Å². The lowest BCUT2D eigenvalue weighted by atomic mass is 10.1. The normalized spacial score (nSPS) is 13.4. The predicted molar refractivity (Wildman–Crippen MR) is 106 cm³/mol. The molecule has 0 saturated carbocycles. The van der Waals surface area contributed by atoms with E-state index in [-0.39, 0.29) is 12.8 Å². The molecule has 4 amide bonds. The summed E-state index contributed by atoms with van der Waals surface area (Å²) in [6.07, 6.45) is 0.546. The number of carbonyl (C=O) groups excluding carboxylic acids is 4. The molecule has 0 saturated heterocycles. The SMILES string of the molecule is CSCCC(NC(=O)C(CCC(=O)O)NC(=O)CN)C(=O)NC(CC(N)=O)C(=O)O. The van der Waals surface area contributed by atoms with Crippen LogP contribution in [0, 0.1) is 0 Å². The van der Waals surface area contributed by atoms with Crippen molar-refractivity contribution >= 4 is 47.3 Å². The second-order valence-corrected chi connectivity index (χ2v) is 7.15. The molecule has 3 unspecified atom stereocenters. The van der Waals surface area contributed by atoms with Gasteiger partial charge >= 0.3 is 11.9 Å². The third-order valence-electron chi connectivity index (χ3n) is 3.75. The van der Waals surface area contributed by atoms with E-state index in [1.54, 1.807) is 6.26 Å². The van der Waals surface area contributed by atoms with Crippen molar-refractivity contribution in [1.29, 1.82) is 0 Å². The van der Waals surface area contributed by atoms with E-state index in [1.165, 1.54) is 11.8 Å². The summed E-state index contributed by atoms with van der Waals surface area (Å²) < 4.78 is 0. The van der Waals surface area contributed by atoms with Gasteiger partial charge in [-0.05, 0) is 24.9 Å². The Labute approximate surface area is 176 Å². The Morgan fingerprint density at radius 2 is 1.43 bits per heavy atom. The molecule has 3 atom stereocenters. The Bertz CT molecular complexity index is 660. The summed E-state index contributed by atoms with van der Waals surface area (Å²) in [7, 11) is 0. The maximum atomic E-state index is 12.5. The van der Waals surface area contributed by atoms with E-state index >= 15 is 0 Å². The summed E-state index contributed by atoms with van der Waals surface area (Å²) >= 11 is 1.36. The Morgan fingerprint density at radius 1 is 0.900 bits per heavy atom. The van der Waals surface area contributed by atoms with E-state index in [4.69, 9.17) is 21.7 Å². The number of carbonyl (C=O) groups is 6. The molecule has 13 nitrogen and oxygen atoms in total. The largest absolute Gasteiger partial charge is 0.481 e. The summed E-state index contributed by atoms with van der Waals surface area (Å²) in [5.74, 6) is -5.59. The highest BCUT2D eigenvalue weighted by Crippen LogP contribution is 2.05. The fourth-order valence-corrected chi connectivity index (χ4v) is 2.71. The Kier molecular flexibility index (Phi) is 12.8. The van der Waals surface area contributed by atoms with E-state index in [1.807, 2.05) is 0 Å². The first-order valence-electron chi connectivity index (χ1n) is 8.83. The summed E-state index contributed by atoms with van der Waals surface area (Å²) in [6, 6.07) is -4.03. The van der Waals surface area contributed by atoms with Crippen molar-refractivity contribution in [3.05, 3.63) is 0 Å². The van der Waals surface area contributed by atoms with Gasteiger partial charge in [-0.25, -0.2) is 4.79 Å². The van der Waals surface area contributed by atoms with E-state index in [0.717, 1.165) is 0 Å². The topological polar surface area (TPSA) is 231 Å². The smallest absolute Gasteiger partial charge is 0.326 e. The van der Waals surface area contributed by atoms with Gasteiger partial charge in [0.25, 0.3) is 0 Å². The van der Waals surface area contributed by atoms with Crippen LogP contribution in [0.5, 0.6) is 0 Å². The molecule has 0 aliphatic rings. The van der Waals surface area contributed by atoms with Gasteiger partial charge in [0.15, 0.2) is 0 Å². The van der Waals surface area contributed by atoms with Crippen LogP contribution in [0.2, 0.25) is 0 Å². The predicted octanol–water partition coefficient (Wildman–Crippen LogP) is -3.02.